The van der Waals surface area contributed by atoms with E-state index in [1.54, 1.807) is 12.3 Å². The molecule has 0 spiro atoms. The van der Waals surface area contributed by atoms with Crippen molar-refractivity contribution in [1.29, 1.82) is 0 Å². The summed E-state index contributed by atoms with van der Waals surface area (Å²) < 4.78 is 0. The second kappa shape index (κ2) is 5.58. The van der Waals surface area contributed by atoms with Gasteiger partial charge in [0.15, 0.2) is 0 Å². The number of carbonyl (C=O) groups is 1. The van der Waals surface area contributed by atoms with Gasteiger partial charge in [-0.3, -0.25) is 9.78 Å². The summed E-state index contributed by atoms with van der Waals surface area (Å²) in [5.41, 5.74) is 4.67. The van der Waals surface area contributed by atoms with Crippen molar-refractivity contribution in [2.24, 2.45) is 5.10 Å². The molecule has 5 nitrogen and oxygen atoms in total. The Morgan fingerprint density at radius 3 is 2.85 bits per heavy atom. The molecular weight excluding hydrogens is 272 g/mol. The molecule has 1 aromatic carbocycles. The molecule has 2 aromatic heterocycles. The van der Waals surface area contributed by atoms with Gasteiger partial charge in [0.05, 0.1) is 28.3 Å². The number of thiophene rings is 1. The molecule has 1 amide bonds. The lowest BCUT2D eigenvalue weighted by molar-refractivity contribution is 0.0959. The Labute approximate surface area is 119 Å². The lowest BCUT2D eigenvalue weighted by Gasteiger charge is -1.98. The Morgan fingerprint density at radius 1 is 1.20 bits per heavy atom. The van der Waals surface area contributed by atoms with E-state index in [2.05, 4.69) is 20.5 Å². The fourth-order valence-corrected chi connectivity index (χ4v) is 2.27. The number of nitrogens with one attached hydrogen (secondary N) is 1. The highest BCUT2D eigenvalue weighted by Gasteiger charge is 2.03. The Bertz CT molecular complexity index is 768. The van der Waals surface area contributed by atoms with E-state index in [0.717, 1.165) is 11.0 Å². The van der Waals surface area contributed by atoms with Crippen LogP contribution in [0.5, 0.6) is 0 Å². The lowest BCUT2D eigenvalue weighted by atomic mass is 10.3. The number of hydrazone groups is 1. The quantitative estimate of drug-likeness (QED) is 0.592. The molecule has 0 saturated carbocycles. The standard InChI is InChI=1S/C14H10N4OS/c19-14(13-6-3-7-20-13)18-16-9-10-8-15-11-4-1-2-5-12(11)17-10/h1-9H,(H,18,19)/b16-9-. The predicted octanol–water partition coefficient (Wildman–Crippen LogP) is 2.46. The fraction of sp³-hybridized carbons (Fsp3) is 0. The molecule has 98 valence electrons. The maximum absolute atomic E-state index is 11.7. The number of nitrogens with zero attached hydrogens (tertiary/aromatic N) is 3. The molecule has 0 bridgehead atoms. The molecule has 2 heterocycles. The van der Waals surface area contributed by atoms with Crippen LogP contribution in [0.15, 0.2) is 53.1 Å². The van der Waals surface area contributed by atoms with E-state index in [1.807, 2.05) is 35.7 Å². The first-order valence-corrected chi connectivity index (χ1v) is 6.79. The third-order valence-corrected chi connectivity index (χ3v) is 3.44. The van der Waals surface area contributed by atoms with E-state index in [4.69, 9.17) is 0 Å². The minimum absolute atomic E-state index is 0.231. The van der Waals surface area contributed by atoms with Gasteiger partial charge in [-0.25, -0.2) is 10.4 Å². The molecule has 20 heavy (non-hydrogen) atoms. The third-order valence-electron chi connectivity index (χ3n) is 2.58. The highest BCUT2D eigenvalue weighted by Crippen LogP contribution is 2.08. The summed E-state index contributed by atoms with van der Waals surface area (Å²) in [5, 5.41) is 5.72. The normalized spacial score (nSPS) is 11.0. The minimum Gasteiger partial charge on any atom is -0.266 e. The first kappa shape index (κ1) is 12.4. The molecule has 3 aromatic rings. The molecule has 1 N–H and O–H groups in total. The maximum Gasteiger partial charge on any atom is 0.281 e. The molecule has 0 aliphatic rings. The van der Waals surface area contributed by atoms with Gasteiger partial charge >= 0.3 is 0 Å². The van der Waals surface area contributed by atoms with Crippen molar-refractivity contribution in [2.75, 3.05) is 0 Å². The molecule has 0 fully saturated rings. The monoisotopic (exact) mass is 282 g/mol. The van der Waals surface area contributed by atoms with Crippen molar-refractivity contribution < 1.29 is 4.79 Å². The lowest BCUT2D eigenvalue weighted by Crippen LogP contribution is -2.16. The van der Waals surface area contributed by atoms with Crippen molar-refractivity contribution in [2.45, 2.75) is 0 Å². The van der Waals surface area contributed by atoms with Crippen LogP contribution in [0.3, 0.4) is 0 Å². The second-order valence-electron chi connectivity index (χ2n) is 3.96. The van der Waals surface area contributed by atoms with Crippen molar-refractivity contribution in [3.63, 3.8) is 0 Å². The van der Waals surface area contributed by atoms with Crippen LogP contribution >= 0.6 is 11.3 Å². The minimum atomic E-state index is -0.231. The highest BCUT2D eigenvalue weighted by molar-refractivity contribution is 7.12. The summed E-state index contributed by atoms with van der Waals surface area (Å²) in [4.78, 5) is 20.9. The van der Waals surface area contributed by atoms with Gasteiger partial charge in [-0.2, -0.15) is 5.10 Å². The number of para-hydroxylation sites is 2. The number of fused-ring (bicyclic) bond motifs is 1. The number of amides is 1. The Kier molecular flexibility index (Phi) is 3.47. The van der Waals surface area contributed by atoms with Crippen LogP contribution in [0.4, 0.5) is 0 Å². The van der Waals surface area contributed by atoms with Gasteiger partial charge < -0.3 is 0 Å². The fourth-order valence-electron chi connectivity index (χ4n) is 1.65. The number of hydrogen-bond acceptors (Lipinski definition) is 5. The van der Waals surface area contributed by atoms with Crippen molar-refractivity contribution >= 4 is 34.5 Å². The van der Waals surface area contributed by atoms with Crippen LogP contribution in [-0.4, -0.2) is 22.1 Å². The molecule has 0 radical (unpaired) electrons. The van der Waals surface area contributed by atoms with Crippen molar-refractivity contribution in [3.8, 4) is 0 Å². The van der Waals surface area contributed by atoms with Crippen LogP contribution in [0.1, 0.15) is 15.4 Å². The highest BCUT2D eigenvalue weighted by atomic mass is 32.1. The molecule has 0 aliphatic carbocycles. The second-order valence-corrected chi connectivity index (χ2v) is 4.91. The molecule has 6 heteroatoms. The van der Waals surface area contributed by atoms with E-state index >= 15 is 0 Å². The molecule has 3 rings (SSSR count). The van der Waals surface area contributed by atoms with E-state index in [9.17, 15) is 4.79 Å². The van der Waals surface area contributed by atoms with Gasteiger partial charge in [-0.15, -0.1) is 11.3 Å². The van der Waals surface area contributed by atoms with Crippen LogP contribution < -0.4 is 5.43 Å². The third kappa shape index (κ3) is 2.70. The van der Waals surface area contributed by atoms with Gasteiger partial charge in [-0.05, 0) is 23.6 Å². The van der Waals surface area contributed by atoms with E-state index < -0.39 is 0 Å². The summed E-state index contributed by atoms with van der Waals surface area (Å²) in [6.45, 7) is 0. The topological polar surface area (TPSA) is 67.2 Å². The maximum atomic E-state index is 11.7. The molecule has 0 unspecified atom stereocenters. The van der Waals surface area contributed by atoms with Gasteiger partial charge in [0, 0.05) is 0 Å². The molecule has 0 aliphatic heterocycles. The predicted molar refractivity (Wildman–Crippen MR) is 78.9 cm³/mol. The zero-order chi connectivity index (χ0) is 13.8. The van der Waals surface area contributed by atoms with Gasteiger partial charge in [-0.1, -0.05) is 18.2 Å². The van der Waals surface area contributed by atoms with Crippen LogP contribution in [-0.2, 0) is 0 Å². The summed E-state index contributed by atoms with van der Waals surface area (Å²) in [6, 6.07) is 11.1. The Balaban J connectivity index is 1.72. The summed E-state index contributed by atoms with van der Waals surface area (Å²) in [6.07, 6.45) is 3.09. The number of benzene rings is 1. The number of hydrogen-bond donors (Lipinski definition) is 1. The van der Waals surface area contributed by atoms with Crippen LogP contribution in [0, 0.1) is 0 Å². The van der Waals surface area contributed by atoms with Crippen molar-refractivity contribution in [3.05, 3.63) is 58.5 Å². The first-order chi connectivity index (χ1) is 9.83. The summed E-state index contributed by atoms with van der Waals surface area (Å²) in [7, 11) is 0. The molecule has 0 saturated heterocycles. The average Bonchev–Trinajstić information content (AvgIpc) is 3.01. The average molecular weight is 282 g/mol. The number of aromatic nitrogens is 2. The van der Waals surface area contributed by atoms with Crippen LogP contribution in [0.25, 0.3) is 11.0 Å². The van der Waals surface area contributed by atoms with Crippen molar-refractivity contribution in [1.82, 2.24) is 15.4 Å². The van der Waals surface area contributed by atoms with Crippen LogP contribution in [0.2, 0.25) is 0 Å². The number of carbonyl (C=O) groups excluding carboxylic acids is 1. The van der Waals surface area contributed by atoms with E-state index in [-0.39, 0.29) is 5.91 Å². The molecule has 0 atom stereocenters. The molecular formula is C14H10N4OS. The number of rotatable bonds is 3. The zero-order valence-corrected chi connectivity index (χ0v) is 11.2. The first-order valence-electron chi connectivity index (χ1n) is 5.91. The van der Waals surface area contributed by atoms with Gasteiger partial charge in [0.2, 0.25) is 0 Å². The van der Waals surface area contributed by atoms with E-state index in [1.165, 1.54) is 17.6 Å². The Hall–Kier alpha value is -2.60. The largest absolute Gasteiger partial charge is 0.281 e. The SMILES string of the molecule is O=C(N/N=C\c1cnc2ccccc2n1)c1cccs1. The zero-order valence-electron chi connectivity index (χ0n) is 10.4. The smallest absolute Gasteiger partial charge is 0.266 e. The Morgan fingerprint density at radius 2 is 2.05 bits per heavy atom. The van der Waals surface area contributed by atoms with Gasteiger partial charge in [0.25, 0.3) is 5.91 Å². The van der Waals surface area contributed by atoms with E-state index in [0.29, 0.717) is 10.6 Å². The van der Waals surface area contributed by atoms with Gasteiger partial charge in [0.1, 0.15) is 5.69 Å². The summed E-state index contributed by atoms with van der Waals surface area (Å²) in [5.74, 6) is -0.231. The summed E-state index contributed by atoms with van der Waals surface area (Å²) >= 11 is 1.37.